The molecule has 0 heterocycles. The van der Waals surface area contributed by atoms with Gasteiger partial charge in [-0.25, -0.2) is 0 Å². The van der Waals surface area contributed by atoms with Crippen molar-refractivity contribution < 1.29 is 21.6 Å². The van der Waals surface area contributed by atoms with E-state index in [9.17, 15) is 5.11 Å². The largest absolute Gasteiger partial charge is 0.491 e. The molecule has 1 N–H and O–H groups in total. The first-order chi connectivity index (χ1) is 23.3. The van der Waals surface area contributed by atoms with E-state index in [1.807, 2.05) is 97.1 Å². The summed E-state index contributed by atoms with van der Waals surface area (Å²) in [5, 5.41) is 17.0. The van der Waals surface area contributed by atoms with E-state index in [-0.39, 0.29) is 22.4 Å². The molecule has 0 radical (unpaired) electrons. The van der Waals surface area contributed by atoms with Crippen molar-refractivity contribution in [2.75, 3.05) is 0 Å². The fourth-order valence-corrected chi connectivity index (χ4v) is 9.43. The zero-order valence-electron chi connectivity index (χ0n) is 26.4. The van der Waals surface area contributed by atoms with Crippen molar-refractivity contribution >= 4 is 48.4 Å². The molecule has 0 spiro atoms. The van der Waals surface area contributed by atoms with Crippen LogP contribution in [0, 0.1) is 6.07 Å². The van der Waals surface area contributed by atoms with Crippen LogP contribution in [0.25, 0.3) is 0 Å². The van der Waals surface area contributed by atoms with E-state index in [1.165, 1.54) is 15.9 Å². The van der Waals surface area contributed by atoms with Gasteiger partial charge in [0.2, 0.25) is 0 Å². The molecule has 5 heteroatoms. The number of aliphatic hydroxyl groups excluding tert-OH is 1. The van der Waals surface area contributed by atoms with Gasteiger partial charge in [-0.05, 0) is 72.8 Å². The molecule has 0 aliphatic carbocycles. The van der Waals surface area contributed by atoms with Gasteiger partial charge in [-0.1, -0.05) is 114 Å². The number of benzene rings is 7. The molecule has 7 aromatic carbocycles. The molecule has 0 amide bonds. The van der Waals surface area contributed by atoms with E-state index in [0.717, 1.165) is 16.2 Å². The first-order valence-electron chi connectivity index (χ1n) is 15.5. The summed E-state index contributed by atoms with van der Waals surface area (Å²) >= 11 is 0. The van der Waals surface area contributed by atoms with E-state index in [1.54, 1.807) is 0 Å². The normalized spacial score (nSPS) is 10.5. The minimum absolute atomic E-state index is 0. The van der Waals surface area contributed by atoms with Gasteiger partial charge >= 0.3 is 0 Å². The Morgan fingerprint density at radius 2 is 0.688 bits per heavy atom. The standard InChI is InChI=1S/C19H16NOP.C18H15P.C6H5.Ni/c21-19(16-10-4-1-5-11-16)20-22(17-12-6-2-7-13-17)18-14-8-3-9-15-18;1-4-10-16(11-5-1)19(17-12-6-2-7-13-17)18-14-8-3-9-15-18;1-2-4-6-5-3-1;/h1-15H,(H,20,21);1-15H;1-5H;/q;;-1;/p+2. The quantitative estimate of drug-likeness (QED) is 0.0584. The van der Waals surface area contributed by atoms with Gasteiger partial charge in [0.25, 0.3) is 5.90 Å². The van der Waals surface area contributed by atoms with Crippen molar-refractivity contribution in [2.24, 2.45) is 4.76 Å². The second-order valence-corrected chi connectivity index (χ2v) is 15.0. The Kier molecular flexibility index (Phi) is 15.5. The summed E-state index contributed by atoms with van der Waals surface area (Å²) in [4.78, 5) is 0. The van der Waals surface area contributed by atoms with Gasteiger partial charge in [0.1, 0.15) is 26.5 Å². The van der Waals surface area contributed by atoms with Crippen molar-refractivity contribution in [3.63, 3.8) is 0 Å². The SMILES string of the molecule is O/C(=N\[PH+](c1ccccc1)c1ccccc1)c1ccccc1.[Ni].[c-]1ccccc1.c1ccc([PH+](c2ccccc2)c2ccccc2)cc1. The van der Waals surface area contributed by atoms with Crippen LogP contribution in [-0.2, 0) is 16.5 Å². The minimum Gasteiger partial charge on any atom is -0.491 e. The Morgan fingerprint density at radius 3 is 0.979 bits per heavy atom. The van der Waals surface area contributed by atoms with Crippen LogP contribution in [0.3, 0.4) is 0 Å². The van der Waals surface area contributed by atoms with Crippen LogP contribution in [-0.4, -0.2) is 11.0 Å². The van der Waals surface area contributed by atoms with E-state index >= 15 is 0 Å². The molecule has 48 heavy (non-hydrogen) atoms. The summed E-state index contributed by atoms with van der Waals surface area (Å²) < 4.78 is 4.66. The van der Waals surface area contributed by atoms with Crippen LogP contribution in [0.2, 0.25) is 0 Å². The number of rotatable bonds is 7. The second kappa shape index (κ2) is 20.6. The molecular formula is C43H38NNiOP2+. The van der Waals surface area contributed by atoms with Gasteiger partial charge in [-0.15, -0.1) is 0 Å². The molecule has 0 aliphatic rings. The summed E-state index contributed by atoms with van der Waals surface area (Å²) in [6.45, 7) is 0. The fraction of sp³-hybridized carbons (Fsp3) is 0. The number of nitrogens with zero attached hydrogens (tertiary/aromatic N) is 1. The maximum atomic E-state index is 10.4. The Balaban J connectivity index is 0.000000183. The molecule has 2 nitrogen and oxygen atoms in total. The molecule has 0 aromatic heterocycles. The molecular weight excluding hydrogens is 667 g/mol. The Morgan fingerprint density at radius 1 is 0.396 bits per heavy atom. The fourth-order valence-electron chi connectivity index (χ4n) is 4.90. The summed E-state index contributed by atoms with van der Waals surface area (Å²) in [6.07, 6.45) is 0. The van der Waals surface area contributed by atoms with Crippen molar-refractivity contribution in [3.05, 3.63) is 224 Å². The Hall–Kier alpha value is -4.64. The van der Waals surface area contributed by atoms with E-state index < -0.39 is 16.0 Å². The molecule has 0 atom stereocenters. The first kappa shape index (κ1) is 36.2. The summed E-state index contributed by atoms with van der Waals surface area (Å²) in [5.74, 6) is 0.0993. The van der Waals surface area contributed by atoms with Crippen LogP contribution in [0.15, 0.2) is 217 Å². The first-order valence-corrected chi connectivity index (χ1v) is 18.5. The van der Waals surface area contributed by atoms with Gasteiger partial charge in [0.15, 0.2) is 8.07 Å². The predicted molar refractivity (Wildman–Crippen MR) is 208 cm³/mol. The van der Waals surface area contributed by atoms with Gasteiger partial charge in [-0.2, -0.15) is 36.4 Å². The van der Waals surface area contributed by atoms with Gasteiger partial charge in [-0.3, -0.25) is 0 Å². The average molecular weight is 705 g/mol. The third kappa shape index (κ3) is 11.3. The molecule has 0 unspecified atom stereocenters. The predicted octanol–water partition coefficient (Wildman–Crippen LogP) is 8.43. The third-order valence-corrected chi connectivity index (χ3v) is 12.1. The van der Waals surface area contributed by atoms with Crippen LogP contribution >= 0.6 is 16.0 Å². The van der Waals surface area contributed by atoms with Crippen LogP contribution in [0.5, 0.6) is 0 Å². The van der Waals surface area contributed by atoms with E-state index in [4.69, 9.17) is 0 Å². The number of hydrogen-bond acceptors (Lipinski definition) is 1. The van der Waals surface area contributed by atoms with Gasteiger partial charge in [0, 0.05) is 22.1 Å². The molecule has 0 bridgehead atoms. The summed E-state index contributed by atoms with van der Waals surface area (Å²) in [5.41, 5.74) is 0.747. The Labute approximate surface area is 297 Å². The Bertz CT molecular complexity index is 1700. The molecule has 0 saturated carbocycles. The average Bonchev–Trinajstić information content (AvgIpc) is 3.17. The number of aliphatic hydroxyl groups is 1. The zero-order valence-corrected chi connectivity index (χ0v) is 29.4. The molecule has 7 aromatic rings. The van der Waals surface area contributed by atoms with Crippen molar-refractivity contribution in [1.29, 1.82) is 0 Å². The van der Waals surface area contributed by atoms with E-state index in [2.05, 4.69) is 126 Å². The van der Waals surface area contributed by atoms with Gasteiger partial charge in [0.05, 0.1) is 7.92 Å². The maximum absolute atomic E-state index is 10.4. The smallest absolute Gasteiger partial charge is 0.253 e. The molecule has 0 saturated heterocycles. The van der Waals surface area contributed by atoms with Crippen molar-refractivity contribution in [1.82, 2.24) is 0 Å². The van der Waals surface area contributed by atoms with Crippen LogP contribution in [0.1, 0.15) is 5.56 Å². The summed E-state index contributed by atoms with van der Waals surface area (Å²) in [6, 6.07) is 74.8. The minimum atomic E-state index is -1.41. The monoisotopic (exact) mass is 704 g/mol. The summed E-state index contributed by atoms with van der Waals surface area (Å²) in [7, 11) is -2.29. The molecule has 0 aliphatic heterocycles. The zero-order chi connectivity index (χ0) is 32.4. The maximum Gasteiger partial charge on any atom is 0.253 e. The van der Waals surface area contributed by atoms with Crippen LogP contribution in [0.4, 0.5) is 0 Å². The third-order valence-electron chi connectivity index (χ3n) is 7.14. The molecule has 0 fully saturated rings. The van der Waals surface area contributed by atoms with Crippen molar-refractivity contribution in [2.45, 2.75) is 0 Å². The second-order valence-electron chi connectivity index (χ2n) is 10.4. The van der Waals surface area contributed by atoms with Gasteiger partial charge < -0.3 is 5.11 Å². The number of hydrogen-bond donors (Lipinski definition) is 1. The van der Waals surface area contributed by atoms with E-state index in [0.29, 0.717) is 0 Å². The molecule has 240 valence electrons. The molecule has 7 rings (SSSR count). The van der Waals surface area contributed by atoms with Crippen molar-refractivity contribution in [3.8, 4) is 0 Å². The van der Waals surface area contributed by atoms with Crippen LogP contribution < -0.4 is 26.5 Å². The topological polar surface area (TPSA) is 32.6 Å².